The molecule has 0 aliphatic heterocycles. The summed E-state index contributed by atoms with van der Waals surface area (Å²) in [6.07, 6.45) is 0.926. The number of hydrazone groups is 1. The van der Waals surface area contributed by atoms with Crippen LogP contribution in [0.25, 0.3) is 0 Å². The summed E-state index contributed by atoms with van der Waals surface area (Å²) in [6, 6.07) is 20.6. The molecule has 0 spiro atoms. The summed E-state index contributed by atoms with van der Waals surface area (Å²) in [5.41, 5.74) is 4.47. The number of hydrogen-bond donors (Lipinski definition) is 2. The van der Waals surface area contributed by atoms with Crippen LogP contribution in [0, 0.1) is 5.82 Å². The smallest absolute Gasteiger partial charge is 0.260 e. The second-order valence-electron chi connectivity index (χ2n) is 7.38. The molecule has 2 amide bonds. The highest BCUT2D eigenvalue weighted by Gasteiger charge is 2.21. The number of hydrogen-bond acceptors (Lipinski definition) is 5. The number of sulfonamides is 1. The normalized spacial score (nSPS) is 11.6. The third-order valence-electron chi connectivity index (χ3n) is 4.71. The van der Waals surface area contributed by atoms with Gasteiger partial charge in [-0.1, -0.05) is 36.4 Å². The molecule has 0 heterocycles. The van der Waals surface area contributed by atoms with Gasteiger partial charge >= 0.3 is 0 Å². The Kier molecular flexibility index (Phi) is 7.75. The van der Waals surface area contributed by atoms with Crippen LogP contribution >= 0.6 is 0 Å². The van der Waals surface area contributed by atoms with Gasteiger partial charge in [0.25, 0.3) is 11.8 Å². The van der Waals surface area contributed by atoms with Gasteiger partial charge in [0.2, 0.25) is 10.0 Å². The average Bonchev–Trinajstić information content (AvgIpc) is 2.81. The summed E-state index contributed by atoms with van der Waals surface area (Å²) in [5, 5.41) is 6.83. The predicted molar refractivity (Wildman–Crippen MR) is 130 cm³/mol. The maximum Gasteiger partial charge on any atom is 0.260 e. The topological polar surface area (TPSA) is 108 Å². The highest BCUT2D eigenvalue weighted by Crippen LogP contribution is 2.18. The van der Waals surface area contributed by atoms with Crippen molar-refractivity contribution in [3.8, 4) is 0 Å². The van der Waals surface area contributed by atoms with Crippen molar-refractivity contribution in [3.05, 3.63) is 95.8 Å². The molecule has 3 aromatic rings. The molecule has 34 heavy (non-hydrogen) atoms. The Morgan fingerprint density at radius 1 is 0.941 bits per heavy atom. The number of rotatable bonds is 8. The minimum Gasteiger partial charge on any atom is -0.322 e. The first kappa shape index (κ1) is 24.6. The largest absolute Gasteiger partial charge is 0.322 e. The molecule has 8 nitrogen and oxygen atoms in total. The van der Waals surface area contributed by atoms with E-state index in [4.69, 9.17) is 0 Å². The molecule has 0 atom stereocenters. The fourth-order valence-electron chi connectivity index (χ4n) is 3.02. The summed E-state index contributed by atoms with van der Waals surface area (Å²) in [7, 11) is -3.84. The average molecular weight is 483 g/mol. The van der Waals surface area contributed by atoms with Crippen molar-refractivity contribution in [1.29, 1.82) is 0 Å². The van der Waals surface area contributed by atoms with Crippen molar-refractivity contribution >= 4 is 38.9 Å². The zero-order chi connectivity index (χ0) is 24.7. The lowest BCUT2D eigenvalue weighted by molar-refractivity contribution is -0.119. The zero-order valence-corrected chi connectivity index (χ0v) is 19.3. The van der Waals surface area contributed by atoms with Gasteiger partial charge in [-0.05, 0) is 55.0 Å². The lowest BCUT2D eigenvalue weighted by Crippen LogP contribution is -2.39. The molecule has 0 radical (unpaired) electrons. The Morgan fingerprint density at radius 3 is 2.29 bits per heavy atom. The lowest BCUT2D eigenvalue weighted by atomic mass is 10.1. The van der Waals surface area contributed by atoms with Crippen LogP contribution in [-0.4, -0.2) is 38.7 Å². The van der Waals surface area contributed by atoms with Gasteiger partial charge in [0.05, 0.1) is 17.7 Å². The number of nitrogens with zero attached hydrogens (tertiary/aromatic N) is 2. The van der Waals surface area contributed by atoms with Crippen LogP contribution in [0.15, 0.2) is 84.0 Å². The minimum absolute atomic E-state index is 0.0280. The van der Waals surface area contributed by atoms with Crippen LogP contribution in [0.5, 0.6) is 0 Å². The van der Waals surface area contributed by atoms with E-state index in [-0.39, 0.29) is 11.6 Å². The lowest BCUT2D eigenvalue weighted by Gasteiger charge is -2.21. The third kappa shape index (κ3) is 6.72. The van der Waals surface area contributed by atoms with Gasteiger partial charge in [0.15, 0.2) is 0 Å². The number of nitrogens with one attached hydrogen (secondary N) is 2. The molecule has 0 unspecified atom stereocenters. The number of anilines is 2. The first-order valence-electron chi connectivity index (χ1n) is 10.2. The predicted octanol–water partition coefficient (Wildman–Crippen LogP) is 3.38. The molecule has 3 rings (SSSR count). The number of carbonyl (C=O) groups is 2. The van der Waals surface area contributed by atoms with Crippen LogP contribution in [0.3, 0.4) is 0 Å². The molecule has 3 aromatic carbocycles. The highest BCUT2D eigenvalue weighted by atomic mass is 32.2. The van der Waals surface area contributed by atoms with E-state index in [0.717, 1.165) is 16.6 Å². The second-order valence-corrected chi connectivity index (χ2v) is 9.29. The van der Waals surface area contributed by atoms with Crippen LogP contribution in [0.1, 0.15) is 22.8 Å². The maximum atomic E-state index is 13.5. The van der Waals surface area contributed by atoms with Gasteiger partial charge < -0.3 is 5.32 Å². The molecule has 0 aliphatic rings. The maximum absolute atomic E-state index is 13.5. The van der Waals surface area contributed by atoms with Gasteiger partial charge in [-0.25, -0.2) is 18.2 Å². The van der Waals surface area contributed by atoms with Crippen LogP contribution in [0.2, 0.25) is 0 Å². The Bertz CT molecular complexity index is 1330. The highest BCUT2D eigenvalue weighted by molar-refractivity contribution is 7.92. The van der Waals surface area contributed by atoms with Gasteiger partial charge in [0.1, 0.15) is 12.4 Å². The Balaban J connectivity index is 1.68. The second kappa shape index (κ2) is 10.7. The van der Waals surface area contributed by atoms with E-state index >= 15 is 0 Å². The summed E-state index contributed by atoms with van der Waals surface area (Å²) in [4.78, 5) is 24.7. The monoisotopic (exact) mass is 482 g/mol. The van der Waals surface area contributed by atoms with E-state index < -0.39 is 28.3 Å². The zero-order valence-electron chi connectivity index (χ0n) is 18.5. The Hall–Kier alpha value is -4.05. The van der Waals surface area contributed by atoms with Crippen molar-refractivity contribution in [2.24, 2.45) is 5.10 Å². The van der Waals surface area contributed by atoms with Gasteiger partial charge in [0, 0.05) is 11.3 Å². The van der Waals surface area contributed by atoms with Gasteiger partial charge in [-0.15, -0.1) is 0 Å². The fraction of sp³-hybridized carbons (Fsp3) is 0.125. The van der Waals surface area contributed by atoms with Crippen molar-refractivity contribution in [1.82, 2.24) is 5.43 Å². The van der Waals surface area contributed by atoms with E-state index in [1.165, 1.54) is 18.2 Å². The van der Waals surface area contributed by atoms with E-state index in [2.05, 4.69) is 15.8 Å². The molecule has 0 fully saturated rings. The van der Waals surface area contributed by atoms with Crippen LogP contribution in [0.4, 0.5) is 15.8 Å². The van der Waals surface area contributed by atoms with E-state index in [1.807, 2.05) is 6.07 Å². The van der Waals surface area contributed by atoms with Crippen LogP contribution in [-0.2, 0) is 14.8 Å². The molecule has 176 valence electrons. The minimum atomic E-state index is -3.84. The molecule has 0 bridgehead atoms. The summed E-state index contributed by atoms with van der Waals surface area (Å²) < 4.78 is 38.6. The first-order chi connectivity index (χ1) is 16.1. The van der Waals surface area contributed by atoms with Crippen molar-refractivity contribution in [2.45, 2.75) is 6.92 Å². The number of carbonyl (C=O) groups excluding carboxylic acids is 2. The molecule has 0 saturated carbocycles. The molecule has 0 aliphatic carbocycles. The summed E-state index contributed by atoms with van der Waals surface area (Å²) >= 11 is 0. The first-order valence-corrected chi connectivity index (χ1v) is 12.0. The SMILES string of the molecule is C/C(=N/NC(=O)CN(c1cccc(F)c1)S(C)(=O)=O)c1cccc(NC(=O)c2ccccc2)c1. The number of amides is 2. The van der Waals surface area contributed by atoms with Crippen molar-refractivity contribution < 1.29 is 22.4 Å². The Morgan fingerprint density at radius 2 is 1.62 bits per heavy atom. The third-order valence-corrected chi connectivity index (χ3v) is 5.85. The van der Waals surface area contributed by atoms with E-state index in [0.29, 0.717) is 22.5 Å². The molecule has 0 saturated heterocycles. The standard InChI is InChI=1S/C24H23FN4O4S/c1-17(19-10-6-12-21(14-19)26-24(31)18-8-4-3-5-9-18)27-28-23(30)16-29(34(2,32)33)22-13-7-11-20(25)15-22/h3-15H,16H2,1-2H3,(H,26,31)(H,28,30)/b27-17-. The van der Waals surface area contributed by atoms with Gasteiger partial charge in [-0.3, -0.25) is 13.9 Å². The Labute approximate surface area is 197 Å². The van der Waals surface area contributed by atoms with Crippen LogP contribution < -0.4 is 15.0 Å². The van der Waals surface area contributed by atoms with E-state index in [9.17, 15) is 22.4 Å². The van der Waals surface area contributed by atoms with Gasteiger partial charge in [-0.2, -0.15) is 5.10 Å². The molecule has 0 aromatic heterocycles. The summed E-state index contributed by atoms with van der Waals surface area (Å²) in [5.74, 6) is -1.60. The number of benzene rings is 3. The number of halogens is 1. The van der Waals surface area contributed by atoms with Crippen molar-refractivity contribution in [2.75, 3.05) is 22.4 Å². The molecule has 10 heteroatoms. The fourth-order valence-corrected chi connectivity index (χ4v) is 3.87. The quantitative estimate of drug-likeness (QED) is 0.379. The molecule has 2 N–H and O–H groups in total. The molecular weight excluding hydrogens is 459 g/mol. The molecular formula is C24H23FN4O4S. The van der Waals surface area contributed by atoms with E-state index in [1.54, 1.807) is 55.5 Å². The van der Waals surface area contributed by atoms with Crippen molar-refractivity contribution in [3.63, 3.8) is 0 Å². The summed E-state index contributed by atoms with van der Waals surface area (Å²) in [6.45, 7) is 1.07.